The molecule has 22 heavy (non-hydrogen) atoms. The van der Waals surface area contributed by atoms with Crippen molar-refractivity contribution < 1.29 is 50.5 Å². The quantitative estimate of drug-likeness (QED) is 0.612. The number of ether oxygens (including phenoxy) is 2. The highest BCUT2D eigenvalue weighted by molar-refractivity contribution is 5.81. The van der Waals surface area contributed by atoms with Crippen LogP contribution < -0.4 is 0 Å². The molecule has 0 heterocycles. The van der Waals surface area contributed by atoms with Gasteiger partial charge in [-0.2, -0.15) is 26.3 Å². The van der Waals surface area contributed by atoms with Crippen molar-refractivity contribution in [3.05, 3.63) is 0 Å². The van der Waals surface area contributed by atoms with Crippen LogP contribution in [0.15, 0.2) is 0 Å². The zero-order valence-electron chi connectivity index (χ0n) is 11.8. The van der Waals surface area contributed by atoms with Gasteiger partial charge >= 0.3 is 29.9 Å². The summed E-state index contributed by atoms with van der Waals surface area (Å²) in [5.41, 5.74) is -6.88. The van der Waals surface area contributed by atoms with E-state index in [1.54, 1.807) is 0 Å². The molecular weight excluding hydrogens is 326 g/mol. The van der Waals surface area contributed by atoms with E-state index in [0.29, 0.717) is 0 Å². The summed E-state index contributed by atoms with van der Waals surface area (Å²) in [6, 6.07) is 0. The molecule has 0 spiro atoms. The number of aliphatic hydroxyl groups is 1. The Kier molecular flexibility index (Phi) is 5.87. The number of carbonyl (C=O) groups is 2. The molecule has 0 aliphatic heterocycles. The van der Waals surface area contributed by atoms with Crippen LogP contribution in [0, 0.1) is 5.41 Å². The average Bonchev–Trinajstić information content (AvgIpc) is 2.30. The van der Waals surface area contributed by atoms with Gasteiger partial charge in [-0.3, -0.25) is 4.79 Å². The predicted molar refractivity (Wildman–Crippen MR) is 58.4 cm³/mol. The molecule has 0 fully saturated rings. The number of halogens is 6. The highest BCUT2D eigenvalue weighted by atomic mass is 19.4. The molecule has 0 rings (SSSR count). The summed E-state index contributed by atoms with van der Waals surface area (Å²) in [5, 5.41) is 8.76. The van der Waals surface area contributed by atoms with Crippen molar-refractivity contribution in [3.8, 4) is 0 Å². The Morgan fingerprint density at radius 2 is 1.27 bits per heavy atom. The third kappa shape index (κ3) is 4.75. The molecule has 0 aromatic heterocycles. The van der Waals surface area contributed by atoms with E-state index in [1.165, 1.54) is 13.8 Å². The molecule has 1 N–H and O–H groups in total. The van der Waals surface area contributed by atoms with Gasteiger partial charge in [0, 0.05) is 12.3 Å². The number of alkyl halides is 6. The highest BCUT2D eigenvalue weighted by Crippen LogP contribution is 2.44. The molecular formula is C11H14F6O5. The van der Waals surface area contributed by atoms with Gasteiger partial charge < -0.3 is 14.6 Å². The minimum atomic E-state index is -6.30. The van der Waals surface area contributed by atoms with Crippen LogP contribution in [0.5, 0.6) is 0 Å². The molecule has 0 unspecified atom stereocenters. The lowest BCUT2D eigenvalue weighted by molar-refractivity contribution is -0.357. The minimum absolute atomic E-state index is 0.411. The van der Waals surface area contributed by atoms with Crippen molar-refractivity contribution in [1.82, 2.24) is 0 Å². The highest BCUT2D eigenvalue weighted by Gasteiger charge is 2.76. The molecule has 0 aromatic carbocycles. The Hall–Kier alpha value is -1.52. The zero-order valence-corrected chi connectivity index (χ0v) is 11.8. The summed E-state index contributed by atoms with van der Waals surface area (Å²) in [6.45, 7) is 2.22. The first-order chi connectivity index (χ1) is 9.54. The second kappa shape index (κ2) is 6.31. The summed E-state index contributed by atoms with van der Waals surface area (Å²) in [6.07, 6.45) is -12.6. The maximum absolute atomic E-state index is 12.4. The number of hydrogen-bond donors (Lipinski definition) is 1. The van der Waals surface area contributed by atoms with Gasteiger partial charge in [0.15, 0.2) is 0 Å². The summed E-state index contributed by atoms with van der Waals surface area (Å²) < 4.78 is 82.8. The normalized spacial score (nSPS) is 13.7. The summed E-state index contributed by atoms with van der Waals surface area (Å²) in [4.78, 5) is 21.7. The van der Waals surface area contributed by atoms with Crippen molar-refractivity contribution in [2.24, 2.45) is 5.41 Å². The summed E-state index contributed by atoms with van der Waals surface area (Å²) in [5.74, 6) is -3.63. The van der Waals surface area contributed by atoms with Gasteiger partial charge in [-0.15, -0.1) is 0 Å². The fraction of sp³-hybridized carbons (Fsp3) is 0.818. The van der Waals surface area contributed by atoms with Gasteiger partial charge in [-0.05, 0) is 0 Å². The maximum atomic E-state index is 12.4. The van der Waals surface area contributed by atoms with Crippen LogP contribution in [-0.2, 0) is 19.1 Å². The lowest BCUT2D eigenvalue weighted by Crippen LogP contribution is -2.63. The molecule has 0 aromatic rings. The van der Waals surface area contributed by atoms with Crippen LogP contribution in [0.2, 0.25) is 0 Å². The van der Waals surface area contributed by atoms with Crippen molar-refractivity contribution in [2.45, 2.75) is 38.7 Å². The molecule has 0 saturated carbocycles. The third-order valence-corrected chi connectivity index (χ3v) is 2.38. The monoisotopic (exact) mass is 340 g/mol. The average molecular weight is 340 g/mol. The number of rotatable bonds is 5. The largest absolute Gasteiger partial charge is 0.465 e. The van der Waals surface area contributed by atoms with Gasteiger partial charge in [0.05, 0.1) is 13.2 Å². The topological polar surface area (TPSA) is 72.8 Å². The van der Waals surface area contributed by atoms with Gasteiger partial charge in [0.25, 0.3) is 0 Å². The van der Waals surface area contributed by atoms with Gasteiger partial charge in [0.2, 0.25) is 0 Å². The smallest absolute Gasteiger partial charge is 0.437 e. The molecule has 0 radical (unpaired) electrons. The standard InChI is InChI=1S/C11H14F6O5/c1-6(18)21-4-8(2,3)5-22-7(19)9(20,10(12,13)14)11(15,16)17/h20H,4-5H2,1-3H3. The first-order valence-corrected chi connectivity index (χ1v) is 5.71. The van der Waals surface area contributed by atoms with Gasteiger partial charge in [-0.1, -0.05) is 13.8 Å². The van der Waals surface area contributed by atoms with E-state index >= 15 is 0 Å². The van der Waals surface area contributed by atoms with E-state index in [1.807, 2.05) is 0 Å². The number of esters is 2. The molecule has 11 heteroatoms. The molecule has 0 aliphatic rings. The minimum Gasteiger partial charge on any atom is -0.465 e. The van der Waals surface area contributed by atoms with Crippen molar-refractivity contribution in [1.29, 1.82) is 0 Å². The van der Waals surface area contributed by atoms with Gasteiger partial charge in [-0.25, -0.2) is 4.79 Å². The molecule has 0 saturated heterocycles. The second-order valence-electron chi connectivity index (χ2n) is 5.23. The third-order valence-electron chi connectivity index (χ3n) is 2.38. The molecule has 0 amide bonds. The number of carbonyl (C=O) groups excluding carboxylic acids is 2. The maximum Gasteiger partial charge on any atom is 0.437 e. The van der Waals surface area contributed by atoms with Crippen LogP contribution in [0.4, 0.5) is 26.3 Å². The van der Waals surface area contributed by atoms with E-state index in [9.17, 15) is 35.9 Å². The molecule has 0 atom stereocenters. The predicted octanol–water partition coefficient (Wildman–Crippen LogP) is 1.97. The van der Waals surface area contributed by atoms with Crippen LogP contribution >= 0.6 is 0 Å². The molecule has 130 valence electrons. The summed E-state index contributed by atoms with van der Waals surface area (Å²) in [7, 11) is 0. The molecule has 5 nitrogen and oxygen atoms in total. The Labute approximate surface area is 121 Å². The Morgan fingerprint density at radius 1 is 0.909 bits per heavy atom. The first-order valence-electron chi connectivity index (χ1n) is 5.71. The van der Waals surface area contributed by atoms with Crippen LogP contribution in [-0.4, -0.2) is 48.2 Å². The molecule has 0 bridgehead atoms. The Bertz CT molecular complexity index is 412. The van der Waals surface area contributed by atoms with E-state index in [4.69, 9.17) is 5.11 Å². The Morgan fingerprint density at radius 3 is 1.59 bits per heavy atom. The van der Waals surface area contributed by atoms with Crippen LogP contribution in [0.25, 0.3) is 0 Å². The summed E-state index contributed by atoms with van der Waals surface area (Å²) >= 11 is 0. The van der Waals surface area contributed by atoms with Crippen LogP contribution in [0.1, 0.15) is 20.8 Å². The van der Waals surface area contributed by atoms with E-state index in [-0.39, 0.29) is 0 Å². The van der Waals surface area contributed by atoms with Crippen molar-refractivity contribution in [2.75, 3.05) is 13.2 Å². The lowest BCUT2D eigenvalue weighted by Gasteiger charge is -2.31. The van der Waals surface area contributed by atoms with Crippen molar-refractivity contribution >= 4 is 11.9 Å². The fourth-order valence-electron chi connectivity index (χ4n) is 1.10. The fourth-order valence-corrected chi connectivity index (χ4v) is 1.10. The van der Waals surface area contributed by atoms with E-state index < -0.39 is 48.5 Å². The van der Waals surface area contributed by atoms with Crippen molar-refractivity contribution in [3.63, 3.8) is 0 Å². The first kappa shape index (κ1) is 20.5. The van der Waals surface area contributed by atoms with Gasteiger partial charge in [0.1, 0.15) is 0 Å². The lowest BCUT2D eigenvalue weighted by atomic mass is 9.96. The number of hydrogen-bond acceptors (Lipinski definition) is 5. The molecule has 0 aliphatic carbocycles. The second-order valence-corrected chi connectivity index (χ2v) is 5.23. The van der Waals surface area contributed by atoms with Crippen LogP contribution in [0.3, 0.4) is 0 Å². The SMILES string of the molecule is CC(=O)OCC(C)(C)COC(=O)C(O)(C(F)(F)F)C(F)(F)F. The Balaban J connectivity index is 5.06. The zero-order chi connectivity index (χ0) is 18.0. The van der Waals surface area contributed by atoms with E-state index in [0.717, 1.165) is 6.92 Å². The van der Waals surface area contributed by atoms with E-state index in [2.05, 4.69) is 9.47 Å².